The minimum Gasteiger partial charge on any atom is -0.464 e. The lowest BCUT2D eigenvalue weighted by Gasteiger charge is -2.29. The first-order valence-corrected chi connectivity index (χ1v) is 8.79. The van der Waals surface area contributed by atoms with E-state index in [9.17, 15) is 14.4 Å². The van der Waals surface area contributed by atoms with Crippen molar-refractivity contribution in [1.82, 2.24) is 10.6 Å². The van der Waals surface area contributed by atoms with Crippen molar-refractivity contribution >= 4 is 17.8 Å². The Labute approximate surface area is 148 Å². The van der Waals surface area contributed by atoms with Gasteiger partial charge in [0.05, 0.1) is 13.2 Å². The van der Waals surface area contributed by atoms with Crippen molar-refractivity contribution in [3.8, 4) is 0 Å². The lowest BCUT2D eigenvalue weighted by molar-refractivity contribution is -0.153. The molecule has 2 rings (SSSR count). The van der Waals surface area contributed by atoms with E-state index in [0.29, 0.717) is 19.3 Å². The molecule has 1 aliphatic carbocycles. The van der Waals surface area contributed by atoms with Crippen molar-refractivity contribution in [1.29, 1.82) is 0 Å². The summed E-state index contributed by atoms with van der Waals surface area (Å²) in [5.41, 5.74) is 0.625. The predicted molar refractivity (Wildman–Crippen MR) is 93.7 cm³/mol. The van der Waals surface area contributed by atoms with Gasteiger partial charge in [0.15, 0.2) is 5.54 Å². The molecule has 6 heteroatoms. The molecule has 1 aromatic carbocycles. The highest BCUT2D eigenvalue weighted by molar-refractivity contribution is 5.92. The Balaban J connectivity index is 2.15. The van der Waals surface area contributed by atoms with Crippen LogP contribution >= 0.6 is 0 Å². The highest BCUT2D eigenvalue weighted by Crippen LogP contribution is 2.37. The third-order valence-electron chi connectivity index (χ3n) is 4.71. The molecule has 0 radical (unpaired) electrons. The van der Waals surface area contributed by atoms with Gasteiger partial charge in [-0.25, -0.2) is 4.79 Å². The van der Waals surface area contributed by atoms with E-state index in [2.05, 4.69) is 10.6 Å². The maximum Gasteiger partial charge on any atom is 0.336 e. The summed E-state index contributed by atoms with van der Waals surface area (Å²) in [6.07, 6.45) is 1.85. The molecular formula is C19H26N2O4. The summed E-state index contributed by atoms with van der Waals surface area (Å²) >= 11 is 0. The summed E-state index contributed by atoms with van der Waals surface area (Å²) in [6.45, 7) is 5.53. The average molecular weight is 346 g/mol. The van der Waals surface area contributed by atoms with Gasteiger partial charge in [0.2, 0.25) is 11.8 Å². The first-order valence-electron chi connectivity index (χ1n) is 8.79. The van der Waals surface area contributed by atoms with Gasteiger partial charge in [-0.3, -0.25) is 9.59 Å². The van der Waals surface area contributed by atoms with E-state index in [1.807, 2.05) is 31.2 Å². The Kier molecular flexibility index (Phi) is 6.17. The zero-order valence-electron chi connectivity index (χ0n) is 15.1. The van der Waals surface area contributed by atoms with Gasteiger partial charge >= 0.3 is 5.97 Å². The van der Waals surface area contributed by atoms with Gasteiger partial charge in [-0.2, -0.15) is 0 Å². The van der Waals surface area contributed by atoms with Crippen molar-refractivity contribution < 1.29 is 19.1 Å². The highest BCUT2D eigenvalue weighted by atomic mass is 16.5. The van der Waals surface area contributed by atoms with Gasteiger partial charge in [-0.05, 0) is 37.3 Å². The first kappa shape index (κ1) is 19.0. The molecule has 2 N–H and O–H groups in total. The SMILES string of the molecule is CCOC(=O)C1(NC(=O)CNC(=O)C(C)CC)CCc2ccccc21. The molecule has 25 heavy (non-hydrogen) atoms. The second-order valence-corrected chi connectivity index (χ2v) is 6.36. The number of hydrogen-bond donors (Lipinski definition) is 2. The molecule has 0 bridgehead atoms. The van der Waals surface area contributed by atoms with E-state index in [1.165, 1.54) is 0 Å². The number of rotatable bonds is 7. The van der Waals surface area contributed by atoms with Crippen molar-refractivity contribution in [2.75, 3.05) is 13.2 Å². The number of benzene rings is 1. The van der Waals surface area contributed by atoms with Crippen LogP contribution in [-0.4, -0.2) is 30.9 Å². The molecule has 6 nitrogen and oxygen atoms in total. The third kappa shape index (κ3) is 4.00. The maximum atomic E-state index is 12.6. The average Bonchev–Trinajstić information content (AvgIpc) is 2.99. The highest BCUT2D eigenvalue weighted by Gasteiger charge is 2.47. The molecule has 0 spiro atoms. The van der Waals surface area contributed by atoms with E-state index in [0.717, 1.165) is 11.1 Å². The van der Waals surface area contributed by atoms with Crippen molar-refractivity contribution in [3.63, 3.8) is 0 Å². The maximum absolute atomic E-state index is 12.6. The standard InChI is InChI=1S/C19H26N2O4/c1-4-13(3)17(23)20-12-16(22)21-19(18(24)25-5-2)11-10-14-8-6-7-9-15(14)19/h6-9,13H,4-5,10-12H2,1-3H3,(H,20,23)(H,21,22). The zero-order valence-corrected chi connectivity index (χ0v) is 15.1. The third-order valence-corrected chi connectivity index (χ3v) is 4.71. The summed E-state index contributed by atoms with van der Waals surface area (Å²) in [5.74, 6) is -1.18. The fourth-order valence-corrected chi connectivity index (χ4v) is 3.07. The quantitative estimate of drug-likeness (QED) is 0.736. The molecule has 0 aromatic heterocycles. The van der Waals surface area contributed by atoms with Crippen LogP contribution in [0.2, 0.25) is 0 Å². The molecule has 2 unspecified atom stereocenters. The minimum atomic E-state index is -1.18. The molecule has 1 aromatic rings. The molecule has 1 aliphatic rings. The number of carbonyl (C=O) groups excluding carboxylic acids is 3. The number of amides is 2. The Hall–Kier alpha value is -2.37. The molecule has 136 valence electrons. The first-order chi connectivity index (χ1) is 11.9. The van der Waals surface area contributed by atoms with Crippen LogP contribution in [0.1, 0.15) is 44.7 Å². The summed E-state index contributed by atoms with van der Waals surface area (Å²) in [5, 5.41) is 5.43. The van der Waals surface area contributed by atoms with Gasteiger partial charge in [0, 0.05) is 5.92 Å². The van der Waals surface area contributed by atoms with Crippen LogP contribution in [0.3, 0.4) is 0 Å². The Bertz CT molecular complexity index is 659. The second-order valence-electron chi connectivity index (χ2n) is 6.36. The summed E-state index contributed by atoms with van der Waals surface area (Å²) in [6, 6.07) is 7.55. The van der Waals surface area contributed by atoms with Crippen LogP contribution in [0, 0.1) is 5.92 Å². The molecule has 0 fully saturated rings. The zero-order chi connectivity index (χ0) is 18.4. The topological polar surface area (TPSA) is 84.5 Å². The van der Waals surface area contributed by atoms with Crippen molar-refractivity contribution in [2.24, 2.45) is 5.92 Å². The van der Waals surface area contributed by atoms with Gasteiger partial charge in [-0.15, -0.1) is 0 Å². The van der Waals surface area contributed by atoms with Crippen LogP contribution in [0.25, 0.3) is 0 Å². The van der Waals surface area contributed by atoms with E-state index in [-0.39, 0.29) is 25.0 Å². The largest absolute Gasteiger partial charge is 0.464 e. The molecule has 0 saturated carbocycles. The monoisotopic (exact) mass is 346 g/mol. The summed E-state index contributed by atoms with van der Waals surface area (Å²) in [7, 11) is 0. The number of hydrogen-bond acceptors (Lipinski definition) is 4. The van der Waals surface area contributed by atoms with E-state index in [1.54, 1.807) is 13.8 Å². The smallest absolute Gasteiger partial charge is 0.336 e. The van der Waals surface area contributed by atoms with Crippen molar-refractivity contribution in [3.05, 3.63) is 35.4 Å². The number of nitrogens with one attached hydrogen (secondary N) is 2. The number of carbonyl (C=O) groups is 3. The van der Waals surface area contributed by atoms with Gasteiger partial charge < -0.3 is 15.4 Å². The molecular weight excluding hydrogens is 320 g/mol. The number of aryl methyl sites for hydroxylation is 1. The van der Waals surface area contributed by atoms with E-state index < -0.39 is 17.4 Å². The van der Waals surface area contributed by atoms with Gasteiger partial charge in [0.1, 0.15) is 0 Å². The van der Waals surface area contributed by atoms with Gasteiger partial charge in [-0.1, -0.05) is 38.1 Å². The van der Waals surface area contributed by atoms with E-state index in [4.69, 9.17) is 4.74 Å². The minimum absolute atomic E-state index is 0.154. The van der Waals surface area contributed by atoms with Crippen LogP contribution < -0.4 is 10.6 Å². The Morgan fingerprint density at radius 1 is 1.24 bits per heavy atom. The molecule has 0 saturated heterocycles. The van der Waals surface area contributed by atoms with Crippen LogP contribution in [-0.2, 0) is 31.1 Å². The van der Waals surface area contributed by atoms with Gasteiger partial charge in [0.25, 0.3) is 0 Å². The lowest BCUT2D eigenvalue weighted by atomic mass is 9.91. The molecule has 0 aliphatic heterocycles. The van der Waals surface area contributed by atoms with Crippen molar-refractivity contribution in [2.45, 2.75) is 45.6 Å². The normalized spacial score (nSPS) is 19.6. The Morgan fingerprint density at radius 3 is 2.64 bits per heavy atom. The van der Waals surface area contributed by atoms with Crippen LogP contribution in [0.4, 0.5) is 0 Å². The molecule has 2 amide bonds. The van der Waals surface area contributed by atoms with Crippen LogP contribution in [0.5, 0.6) is 0 Å². The number of esters is 1. The predicted octanol–water partition coefficient (Wildman–Crippen LogP) is 1.67. The second kappa shape index (κ2) is 8.14. The lowest BCUT2D eigenvalue weighted by Crippen LogP contribution is -2.53. The number of ether oxygens (including phenoxy) is 1. The molecule has 2 atom stereocenters. The van der Waals surface area contributed by atoms with Crippen LogP contribution in [0.15, 0.2) is 24.3 Å². The fraction of sp³-hybridized carbons (Fsp3) is 0.526. The summed E-state index contributed by atoms with van der Waals surface area (Å²) in [4.78, 5) is 36.9. The number of fused-ring (bicyclic) bond motifs is 1. The summed E-state index contributed by atoms with van der Waals surface area (Å²) < 4.78 is 5.23. The van der Waals surface area contributed by atoms with E-state index >= 15 is 0 Å². The Morgan fingerprint density at radius 2 is 1.96 bits per heavy atom. The molecule has 0 heterocycles. The fourth-order valence-electron chi connectivity index (χ4n) is 3.07.